The fourth-order valence-electron chi connectivity index (χ4n) is 4.91. The van der Waals surface area contributed by atoms with Crippen molar-refractivity contribution in [1.29, 1.82) is 0 Å². The highest BCUT2D eigenvalue weighted by atomic mass is 32.1. The number of rotatable bonds is 7. The number of aromatic nitrogens is 6. The average Bonchev–Trinajstić information content (AvgIpc) is 3.57. The zero-order chi connectivity index (χ0) is 29.9. The van der Waals surface area contributed by atoms with Gasteiger partial charge in [0.1, 0.15) is 21.9 Å². The number of pyridine rings is 3. The van der Waals surface area contributed by atoms with Gasteiger partial charge in [0.15, 0.2) is 5.65 Å². The minimum atomic E-state index is -0.302. The third-order valence-corrected chi connectivity index (χ3v) is 7.87. The standard InChI is InChI=1S/C34H23N7O2S/c42-32(30-21-44-33(40-30)25-9-4-14-36-20-25)38-26-10-1-7-23(17-26)24-8-2-11-27(18-24)41-31-28(12-5-15-37-31)39-29(34(41)43)16-22-6-3-13-35-19-22/h1-15,17-21H,16H2,(H,38,42). The Balaban J connectivity index is 1.20. The molecule has 0 saturated heterocycles. The van der Waals surface area contributed by atoms with Gasteiger partial charge in [0.05, 0.1) is 5.69 Å². The molecule has 1 N–H and O–H groups in total. The molecule has 5 aromatic heterocycles. The Morgan fingerprint density at radius 2 is 1.57 bits per heavy atom. The van der Waals surface area contributed by atoms with E-state index in [9.17, 15) is 9.59 Å². The molecule has 2 aromatic carbocycles. The molecule has 7 aromatic rings. The molecule has 1 amide bonds. The normalized spacial score (nSPS) is 11.0. The molecule has 0 aliphatic heterocycles. The van der Waals surface area contributed by atoms with Gasteiger partial charge in [-0.1, -0.05) is 30.3 Å². The molecule has 0 atom stereocenters. The lowest BCUT2D eigenvalue weighted by Crippen LogP contribution is -2.25. The van der Waals surface area contributed by atoms with Crippen LogP contribution in [0.3, 0.4) is 0 Å². The van der Waals surface area contributed by atoms with Crippen molar-refractivity contribution in [3.05, 3.63) is 149 Å². The van der Waals surface area contributed by atoms with E-state index in [0.29, 0.717) is 40.3 Å². The maximum absolute atomic E-state index is 13.8. The molecule has 7 rings (SSSR count). The van der Waals surface area contributed by atoms with Crippen LogP contribution in [0.5, 0.6) is 0 Å². The predicted octanol–water partition coefficient (Wildman–Crippen LogP) is 6.20. The number of hydrogen-bond donors (Lipinski definition) is 1. The van der Waals surface area contributed by atoms with E-state index in [0.717, 1.165) is 27.3 Å². The van der Waals surface area contributed by atoms with Crippen LogP contribution in [-0.4, -0.2) is 35.4 Å². The second-order valence-electron chi connectivity index (χ2n) is 9.95. The summed E-state index contributed by atoms with van der Waals surface area (Å²) in [6.45, 7) is 0. The molecule has 0 saturated carbocycles. The van der Waals surface area contributed by atoms with E-state index in [2.05, 4.69) is 30.2 Å². The van der Waals surface area contributed by atoms with Crippen LogP contribution >= 0.6 is 11.3 Å². The third kappa shape index (κ3) is 5.49. The lowest BCUT2D eigenvalue weighted by Gasteiger charge is -2.13. The molecule has 212 valence electrons. The van der Waals surface area contributed by atoms with Crippen LogP contribution in [0.15, 0.2) is 126 Å². The van der Waals surface area contributed by atoms with Gasteiger partial charge in [-0.25, -0.2) is 15.0 Å². The fourth-order valence-corrected chi connectivity index (χ4v) is 5.70. The summed E-state index contributed by atoms with van der Waals surface area (Å²) < 4.78 is 1.60. The lowest BCUT2D eigenvalue weighted by molar-refractivity contribution is 0.102. The van der Waals surface area contributed by atoms with E-state index < -0.39 is 0 Å². The Kier molecular flexibility index (Phi) is 7.23. The Labute approximate surface area is 255 Å². The van der Waals surface area contributed by atoms with Gasteiger partial charge in [-0.3, -0.25) is 24.1 Å². The zero-order valence-corrected chi connectivity index (χ0v) is 24.0. The molecular weight excluding hydrogens is 570 g/mol. The van der Waals surface area contributed by atoms with Crippen LogP contribution in [0, 0.1) is 0 Å². The molecule has 5 heterocycles. The van der Waals surface area contributed by atoms with E-state index in [1.807, 2.05) is 78.9 Å². The summed E-state index contributed by atoms with van der Waals surface area (Å²) in [5.74, 6) is -0.302. The number of anilines is 1. The number of fused-ring (bicyclic) bond motifs is 1. The van der Waals surface area contributed by atoms with Gasteiger partial charge in [0.25, 0.3) is 11.5 Å². The maximum Gasteiger partial charge on any atom is 0.278 e. The van der Waals surface area contributed by atoms with Crippen LogP contribution in [-0.2, 0) is 6.42 Å². The number of thiazole rings is 1. The molecule has 10 heteroatoms. The van der Waals surface area contributed by atoms with Crippen molar-refractivity contribution in [1.82, 2.24) is 29.5 Å². The van der Waals surface area contributed by atoms with Crippen molar-refractivity contribution in [2.45, 2.75) is 6.42 Å². The SMILES string of the molecule is O=C(Nc1cccc(-c2cccc(-n3c(=O)c(Cc4cccnc4)nc4cccnc43)c2)c1)c1csc(-c2cccnc2)n1. The molecule has 0 radical (unpaired) electrons. The summed E-state index contributed by atoms with van der Waals surface area (Å²) >= 11 is 1.39. The van der Waals surface area contributed by atoms with Crippen LogP contribution < -0.4 is 10.9 Å². The van der Waals surface area contributed by atoms with E-state index in [4.69, 9.17) is 0 Å². The smallest absolute Gasteiger partial charge is 0.278 e. The van der Waals surface area contributed by atoms with Crippen molar-refractivity contribution >= 4 is 34.1 Å². The summed E-state index contributed by atoms with van der Waals surface area (Å²) in [7, 11) is 0. The molecule has 0 aliphatic carbocycles. The van der Waals surface area contributed by atoms with E-state index in [1.54, 1.807) is 47.0 Å². The number of nitrogens with one attached hydrogen (secondary N) is 1. The van der Waals surface area contributed by atoms with Gasteiger partial charge < -0.3 is 5.32 Å². The van der Waals surface area contributed by atoms with Gasteiger partial charge in [-0.2, -0.15) is 0 Å². The van der Waals surface area contributed by atoms with Crippen molar-refractivity contribution in [3.63, 3.8) is 0 Å². The first-order valence-corrected chi connectivity index (χ1v) is 14.6. The largest absolute Gasteiger partial charge is 0.321 e. The number of amides is 1. The quantitative estimate of drug-likeness (QED) is 0.234. The topological polar surface area (TPSA) is 116 Å². The second kappa shape index (κ2) is 11.8. The first-order chi connectivity index (χ1) is 21.6. The summed E-state index contributed by atoms with van der Waals surface area (Å²) in [4.78, 5) is 48.8. The fraction of sp³-hybridized carbons (Fsp3) is 0.0294. The van der Waals surface area contributed by atoms with Crippen molar-refractivity contribution in [2.75, 3.05) is 5.32 Å². The van der Waals surface area contributed by atoms with E-state index in [1.165, 1.54) is 11.3 Å². The first kappa shape index (κ1) is 27.0. The third-order valence-electron chi connectivity index (χ3n) is 6.98. The average molecular weight is 594 g/mol. The Morgan fingerprint density at radius 1 is 0.795 bits per heavy atom. The Bertz CT molecular complexity index is 2180. The van der Waals surface area contributed by atoms with Crippen molar-refractivity contribution < 1.29 is 4.79 Å². The summed E-state index contributed by atoms with van der Waals surface area (Å²) in [6, 6.07) is 26.4. The molecule has 44 heavy (non-hydrogen) atoms. The monoisotopic (exact) mass is 593 g/mol. The summed E-state index contributed by atoms with van der Waals surface area (Å²) in [5.41, 5.74) is 6.36. The zero-order valence-electron chi connectivity index (χ0n) is 23.2. The van der Waals surface area contributed by atoms with E-state index in [-0.39, 0.29) is 11.5 Å². The summed E-state index contributed by atoms with van der Waals surface area (Å²) in [6.07, 6.45) is 8.85. The van der Waals surface area contributed by atoms with Gasteiger partial charge in [-0.15, -0.1) is 11.3 Å². The van der Waals surface area contributed by atoms with Crippen LogP contribution in [0.2, 0.25) is 0 Å². The van der Waals surface area contributed by atoms with Crippen LogP contribution in [0.25, 0.3) is 38.5 Å². The maximum atomic E-state index is 13.8. The highest BCUT2D eigenvalue weighted by Gasteiger charge is 2.16. The number of hydrogen-bond acceptors (Lipinski definition) is 8. The molecule has 0 fully saturated rings. The number of benzene rings is 2. The lowest BCUT2D eigenvalue weighted by atomic mass is 10.0. The van der Waals surface area contributed by atoms with Crippen molar-refractivity contribution in [3.8, 4) is 27.4 Å². The highest BCUT2D eigenvalue weighted by molar-refractivity contribution is 7.13. The van der Waals surface area contributed by atoms with Gasteiger partial charge >= 0.3 is 0 Å². The van der Waals surface area contributed by atoms with Gasteiger partial charge in [0, 0.05) is 54.0 Å². The minimum Gasteiger partial charge on any atom is -0.321 e. The van der Waals surface area contributed by atoms with Crippen molar-refractivity contribution in [2.24, 2.45) is 0 Å². The molecule has 9 nitrogen and oxygen atoms in total. The van der Waals surface area contributed by atoms with Crippen LogP contribution in [0.4, 0.5) is 5.69 Å². The Morgan fingerprint density at radius 3 is 2.39 bits per heavy atom. The predicted molar refractivity (Wildman–Crippen MR) is 171 cm³/mol. The molecule has 0 aliphatic rings. The second-order valence-corrected chi connectivity index (χ2v) is 10.8. The molecular formula is C34H23N7O2S. The summed E-state index contributed by atoms with van der Waals surface area (Å²) in [5, 5.41) is 5.42. The first-order valence-electron chi connectivity index (χ1n) is 13.8. The molecule has 0 bridgehead atoms. The number of carbonyl (C=O) groups is 1. The molecule has 0 unspecified atom stereocenters. The minimum absolute atomic E-state index is 0.243. The van der Waals surface area contributed by atoms with Gasteiger partial charge in [-0.05, 0) is 71.3 Å². The van der Waals surface area contributed by atoms with E-state index >= 15 is 0 Å². The number of nitrogens with zero attached hydrogens (tertiary/aromatic N) is 6. The Hall–Kier alpha value is -5.87. The molecule has 0 spiro atoms. The van der Waals surface area contributed by atoms with Crippen LogP contribution in [0.1, 0.15) is 21.7 Å². The highest BCUT2D eigenvalue weighted by Crippen LogP contribution is 2.27. The number of carbonyl (C=O) groups excluding carboxylic acids is 1. The van der Waals surface area contributed by atoms with Gasteiger partial charge in [0.2, 0.25) is 0 Å².